The van der Waals surface area contributed by atoms with Crippen LogP contribution in [0.25, 0.3) is 21.6 Å². The summed E-state index contributed by atoms with van der Waals surface area (Å²) in [6.07, 6.45) is 2.47. The summed E-state index contributed by atoms with van der Waals surface area (Å²) in [6.45, 7) is 10.9. The minimum Gasteiger partial charge on any atom is -0.497 e. The fourth-order valence-electron chi connectivity index (χ4n) is 5.83. The lowest BCUT2D eigenvalue weighted by Gasteiger charge is -2.29. The molecule has 0 spiro atoms. The predicted molar refractivity (Wildman–Crippen MR) is 163 cm³/mol. The minimum absolute atomic E-state index is 0.0200. The summed E-state index contributed by atoms with van der Waals surface area (Å²) < 4.78 is 22.7. The van der Waals surface area contributed by atoms with E-state index in [1.807, 2.05) is 30.3 Å². The van der Waals surface area contributed by atoms with Crippen molar-refractivity contribution in [2.24, 2.45) is 11.8 Å². The van der Waals surface area contributed by atoms with Crippen molar-refractivity contribution in [1.29, 1.82) is 0 Å². The molecule has 1 aromatic heterocycles. The highest BCUT2D eigenvalue weighted by atomic mass is 32.1. The standard InChI is InChI=1S/C35H34O6S/c1-18(2)21-14-27(38-6)28(39-7)15-22(21)32-24-17-25-23(16-26(24)41-34(32)37)31(33(36)40-25)20-10-8-19(9-11-20)29-12-13-30(42-29)35(3,4)5/h8-13,15-18,21H,14H2,1-7H3. The van der Waals surface area contributed by atoms with Gasteiger partial charge >= 0.3 is 11.9 Å². The van der Waals surface area contributed by atoms with Gasteiger partial charge in [-0.3, -0.25) is 0 Å². The van der Waals surface area contributed by atoms with Gasteiger partial charge in [-0.25, -0.2) is 9.59 Å². The highest BCUT2D eigenvalue weighted by Gasteiger charge is 2.37. The maximum atomic E-state index is 13.3. The average molecular weight is 583 g/mol. The van der Waals surface area contributed by atoms with Gasteiger partial charge in [0.2, 0.25) is 0 Å². The zero-order valence-electron chi connectivity index (χ0n) is 24.9. The Labute approximate surface area is 249 Å². The van der Waals surface area contributed by atoms with Gasteiger partial charge in [0.1, 0.15) is 17.3 Å². The molecular formula is C35H34O6S. The number of fused-ring (bicyclic) bond motifs is 2. The van der Waals surface area contributed by atoms with Gasteiger partial charge in [-0.2, -0.15) is 0 Å². The highest BCUT2D eigenvalue weighted by Crippen LogP contribution is 2.41. The molecule has 216 valence electrons. The molecule has 0 saturated carbocycles. The zero-order chi connectivity index (χ0) is 29.9. The SMILES string of the molecule is COC1=C(OC)CC(C(C)C)C(C2=c3cc4c(cc3OC2=O)=C(c2ccc(-c3ccc(C(C)(C)C)s3)cc2)C(=O)O4)=C1. The Morgan fingerprint density at radius 1 is 0.833 bits per heavy atom. The lowest BCUT2D eigenvalue weighted by atomic mass is 9.78. The molecule has 0 saturated heterocycles. The van der Waals surface area contributed by atoms with Crippen molar-refractivity contribution >= 4 is 34.4 Å². The van der Waals surface area contributed by atoms with E-state index in [2.05, 4.69) is 46.8 Å². The Hall–Kier alpha value is -4.10. The van der Waals surface area contributed by atoms with Crippen molar-refractivity contribution in [2.45, 2.75) is 46.5 Å². The zero-order valence-corrected chi connectivity index (χ0v) is 25.7. The molecule has 0 radical (unpaired) electrons. The molecular weight excluding hydrogens is 548 g/mol. The molecule has 1 atom stereocenters. The molecule has 7 heteroatoms. The molecule has 3 aliphatic rings. The number of hydrogen-bond donors (Lipinski definition) is 0. The number of esters is 2. The number of ether oxygens (including phenoxy) is 4. The second-order valence-electron chi connectivity index (χ2n) is 12.2. The van der Waals surface area contributed by atoms with Gasteiger partial charge in [0.25, 0.3) is 0 Å². The van der Waals surface area contributed by atoms with Crippen LogP contribution in [0.2, 0.25) is 0 Å². The van der Waals surface area contributed by atoms with E-state index < -0.39 is 11.9 Å². The van der Waals surface area contributed by atoms with Crippen LogP contribution in [0.15, 0.2) is 71.7 Å². The van der Waals surface area contributed by atoms with Crippen LogP contribution in [-0.2, 0) is 24.5 Å². The molecule has 1 unspecified atom stereocenters. The first kappa shape index (κ1) is 28.0. The van der Waals surface area contributed by atoms with Crippen LogP contribution in [0.5, 0.6) is 11.5 Å². The van der Waals surface area contributed by atoms with E-state index in [4.69, 9.17) is 18.9 Å². The summed E-state index contributed by atoms with van der Waals surface area (Å²) in [4.78, 5) is 29.0. The number of thiophene rings is 1. The summed E-state index contributed by atoms with van der Waals surface area (Å²) in [5.41, 5.74) is 3.69. The Balaban J connectivity index is 1.45. The molecule has 0 bridgehead atoms. The second-order valence-corrected chi connectivity index (χ2v) is 13.3. The molecule has 2 aliphatic heterocycles. The van der Waals surface area contributed by atoms with Crippen LogP contribution in [0.1, 0.15) is 51.5 Å². The van der Waals surface area contributed by atoms with Crippen LogP contribution >= 0.6 is 11.3 Å². The van der Waals surface area contributed by atoms with Crippen molar-refractivity contribution in [3.8, 4) is 21.9 Å². The first-order valence-corrected chi connectivity index (χ1v) is 14.9. The van der Waals surface area contributed by atoms with Crippen LogP contribution in [0.3, 0.4) is 0 Å². The van der Waals surface area contributed by atoms with E-state index in [0.717, 1.165) is 22.5 Å². The molecule has 0 amide bonds. The summed E-state index contributed by atoms with van der Waals surface area (Å²) in [5.74, 6) is 1.56. The van der Waals surface area contributed by atoms with Crippen molar-refractivity contribution in [3.63, 3.8) is 0 Å². The summed E-state index contributed by atoms with van der Waals surface area (Å²) in [6, 6.07) is 15.8. The summed E-state index contributed by atoms with van der Waals surface area (Å²) in [5, 5.41) is 1.23. The smallest absolute Gasteiger partial charge is 0.344 e. The van der Waals surface area contributed by atoms with E-state index >= 15 is 0 Å². The van der Waals surface area contributed by atoms with E-state index in [-0.39, 0.29) is 17.3 Å². The summed E-state index contributed by atoms with van der Waals surface area (Å²) in [7, 11) is 3.21. The van der Waals surface area contributed by atoms with Crippen LogP contribution in [-0.4, -0.2) is 26.2 Å². The fourth-order valence-corrected chi connectivity index (χ4v) is 6.90. The topological polar surface area (TPSA) is 71.1 Å². The molecule has 6 nitrogen and oxygen atoms in total. The Bertz CT molecular complexity index is 1810. The van der Waals surface area contributed by atoms with Gasteiger partial charge in [-0.15, -0.1) is 11.3 Å². The van der Waals surface area contributed by atoms with Gasteiger partial charge < -0.3 is 18.9 Å². The van der Waals surface area contributed by atoms with Gasteiger partial charge in [0.15, 0.2) is 5.76 Å². The third-order valence-electron chi connectivity index (χ3n) is 8.16. The van der Waals surface area contributed by atoms with E-state index in [1.54, 1.807) is 37.7 Å². The molecule has 0 N–H and O–H groups in total. The predicted octanol–water partition coefficient (Wildman–Crippen LogP) is 6.01. The van der Waals surface area contributed by atoms with Gasteiger partial charge in [0, 0.05) is 26.6 Å². The van der Waals surface area contributed by atoms with Crippen molar-refractivity contribution in [2.75, 3.05) is 14.2 Å². The van der Waals surface area contributed by atoms with Crippen molar-refractivity contribution in [3.05, 3.63) is 92.6 Å². The summed E-state index contributed by atoms with van der Waals surface area (Å²) >= 11 is 1.78. The van der Waals surface area contributed by atoms with E-state index in [0.29, 0.717) is 45.3 Å². The molecule has 6 rings (SSSR count). The van der Waals surface area contributed by atoms with Crippen LogP contribution < -0.4 is 19.9 Å². The Kier molecular flexibility index (Phi) is 6.89. The third-order valence-corrected chi connectivity index (χ3v) is 9.72. The van der Waals surface area contributed by atoms with Crippen molar-refractivity contribution < 1.29 is 28.5 Å². The largest absolute Gasteiger partial charge is 0.497 e. The monoisotopic (exact) mass is 582 g/mol. The van der Waals surface area contributed by atoms with E-state index in [1.165, 1.54) is 9.75 Å². The Morgan fingerprint density at radius 3 is 1.98 bits per heavy atom. The minimum atomic E-state index is -0.426. The third kappa shape index (κ3) is 4.66. The highest BCUT2D eigenvalue weighted by molar-refractivity contribution is 7.15. The van der Waals surface area contributed by atoms with Crippen molar-refractivity contribution in [1.82, 2.24) is 0 Å². The number of carbonyl (C=O) groups excluding carboxylic acids is 2. The number of carbonyl (C=O) groups is 2. The number of allylic oxidation sites excluding steroid dienone is 2. The quantitative estimate of drug-likeness (QED) is 0.262. The number of hydrogen-bond acceptors (Lipinski definition) is 7. The first-order chi connectivity index (χ1) is 20.0. The van der Waals surface area contributed by atoms with E-state index in [9.17, 15) is 9.59 Å². The fraction of sp³-hybridized carbons (Fsp3) is 0.314. The maximum absolute atomic E-state index is 13.3. The molecule has 0 fully saturated rings. The lowest BCUT2D eigenvalue weighted by Crippen LogP contribution is -2.23. The maximum Gasteiger partial charge on any atom is 0.344 e. The van der Waals surface area contributed by atoms with Gasteiger partial charge in [-0.05, 0) is 64.3 Å². The molecule has 1 aliphatic carbocycles. The van der Waals surface area contributed by atoms with Gasteiger partial charge in [0.05, 0.1) is 25.4 Å². The van der Waals surface area contributed by atoms with Gasteiger partial charge in [-0.1, -0.05) is 58.9 Å². The first-order valence-electron chi connectivity index (χ1n) is 14.1. The second kappa shape index (κ2) is 10.3. The number of benzene rings is 2. The normalized spacial score (nSPS) is 18.2. The number of rotatable bonds is 6. The van der Waals surface area contributed by atoms with Crippen LogP contribution in [0, 0.1) is 11.8 Å². The average Bonchev–Trinajstić information content (AvgIpc) is 3.65. The number of methoxy groups -OCH3 is 2. The molecule has 42 heavy (non-hydrogen) atoms. The Morgan fingerprint density at radius 2 is 1.43 bits per heavy atom. The lowest BCUT2D eigenvalue weighted by molar-refractivity contribution is -0.128. The molecule has 2 aromatic carbocycles. The molecule has 3 aromatic rings. The van der Waals surface area contributed by atoms with Crippen LogP contribution in [0.4, 0.5) is 0 Å². The molecule has 3 heterocycles.